The van der Waals surface area contributed by atoms with E-state index >= 15 is 0 Å². The van der Waals surface area contributed by atoms with E-state index in [-0.39, 0.29) is 23.6 Å². The highest BCUT2D eigenvalue weighted by atomic mass is 32.2. The minimum Gasteiger partial charge on any atom is -0.291 e. The molecule has 0 spiro atoms. The second-order valence-electron chi connectivity index (χ2n) is 5.96. The van der Waals surface area contributed by atoms with Gasteiger partial charge in [-0.15, -0.1) is 0 Å². The number of amides is 1. The van der Waals surface area contributed by atoms with Crippen LogP contribution in [0.25, 0.3) is 0 Å². The Balaban J connectivity index is 1.84. The molecule has 0 saturated carbocycles. The first-order chi connectivity index (χ1) is 12.8. The fraction of sp³-hybridized carbons (Fsp3) is 0.263. The lowest BCUT2D eigenvalue weighted by atomic mass is 10.1. The summed E-state index contributed by atoms with van der Waals surface area (Å²) in [4.78, 5) is 18.3. The molecular formula is C19H16F4N2OS. The molecule has 0 unspecified atom stereocenters. The van der Waals surface area contributed by atoms with Gasteiger partial charge in [-0.3, -0.25) is 9.69 Å². The van der Waals surface area contributed by atoms with Crippen molar-refractivity contribution in [3.8, 4) is 0 Å². The molecule has 1 amide bonds. The zero-order chi connectivity index (χ0) is 19.4. The van der Waals surface area contributed by atoms with Gasteiger partial charge >= 0.3 is 6.18 Å². The molecule has 0 N–H and O–H groups in total. The number of halogens is 4. The van der Waals surface area contributed by atoms with Crippen LogP contribution >= 0.6 is 11.8 Å². The summed E-state index contributed by atoms with van der Waals surface area (Å²) in [7, 11) is 0. The average Bonchev–Trinajstić information content (AvgIpc) is 2.63. The normalized spacial score (nSPS) is 16.6. The molecule has 1 heterocycles. The van der Waals surface area contributed by atoms with Crippen LogP contribution in [0.5, 0.6) is 0 Å². The molecule has 1 saturated heterocycles. The van der Waals surface area contributed by atoms with Gasteiger partial charge in [-0.25, -0.2) is 9.38 Å². The summed E-state index contributed by atoms with van der Waals surface area (Å²) in [5, 5.41) is 0.335. The Kier molecular flexibility index (Phi) is 5.84. The van der Waals surface area contributed by atoms with Crippen molar-refractivity contribution in [2.24, 2.45) is 4.99 Å². The van der Waals surface area contributed by atoms with E-state index in [9.17, 15) is 22.4 Å². The lowest BCUT2D eigenvalue weighted by Crippen LogP contribution is -2.40. The molecule has 2 aromatic carbocycles. The smallest absolute Gasteiger partial charge is 0.291 e. The maximum Gasteiger partial charge on any atom is 0.416 e. The van der Waals surface area contributed by atoms with E-state index in [0.717, 1.165) is 18.6 Å². The predicted octanol–water partition coefficient (Wildman–Crippen LogP) is 5.04. The molecule has 1 fully saturated rings. The average molecular weight is 396 g/mol. The molecular weight excluding hydrogens is 380 g/mol. The number of thioether (sulfide) groups is 1. The van der Waals surface area contributed by atoms with Crippen molar-refractivity contribution < 1.29 is 22.4 Å². The third-order valence-corrected chi connectivity index (χ3v) is 5.05. The highest BCUT2D eigenvalue weighted by Crippen LogP contribution is 2.32. The second-order valence-corrected chi connectivity index (χ2v) is 7.02. The molecule has 3 rings (SSSR count). The summed E-state index contributed by atoms with van der Waals surface area (Å²) in [6.07, 6.45) is -3.86. The van der Waals surface area contributed by atoms with Crippen molar-refractivity contribution in [2.75, 3.05) is 12.3 Å². The highest BCUT2D eigenvalue weighted by molar-refractivity contribution is 8.13. The lowest BCUT2D eigenvalue weighted by Gasteiger charge is -2.28. The van der Waals surface area contributed by atoms with Crippen LogP contribution in [-0.2, 0) is 17.4 Å². The monoisotopic (exact) mass is 396 g/mol. The van der Waals surface area contributed by atoms with E-state index in [1.165, 1.54) is 40.9 Å². The van der Waals surface area contributed by atoms with Crippen LogP contribution < -0.4 is 0 Å². The fourth-order valence-electron chi connectivity index (χ4n) is 2.65. The third kappa shape index (κ3) is 4.88. The van der Waals surface area contributed by atoms with Crippen LogP contribution in [0, 0.1) is 5.82 Å². The van der Waals surface area contributed by atoms with Crippen LogP contribution in [0.2, 0.25) is 0 Å². The van der Waals surface area contributed by atoms with Crippen molar-refractivity contribution in [1.29, 1.82) is 0 Å². The first kappa shape index (κ1) is 19.4. The van der Waals surface area contributed by atoms with Gasteiger partial charge in [0.2, 0.25) is 5.91 Å². The number of carbonyl (C=O) groups is 1. The van der Waals surface area contributed by atoms with E-state index in [4.69, 9.17) is 0 Å². The zero-order valence-corrected chi connectivity index (χ0v) is 15.0. The molecule has 0 bridgehead atoms. The molecule has 1 aliphatic heterocycles. The maximum atomic E-state index is 13.8. The van der Waals surface area contributed by atoms with E-state index in [1.54, 1.807) is 12.1 Å². The van der Waals surface area contributed by atoms with Gasteiger partial charge in [-0.1, -0.05) is 36.0 Å². The fourth-order valence-corrected chi connectivity index (χ4v) is 3.62. The number of benzene rings is 2. The number of amidine groups is 1. The van der Waals surface area contributed by atoms with Gasteiger partial charge in [-0.2, -0.15) is 13.2 Å². The Hall–Kier alpha value is -2.35. The molecule has 27 heavy (non-hydrogen) atoms. The number of rotatable bonds is 3. The quantitative estimate of drug-likeness (QED) is 0.681. The van der Waals surface area contributed by atoms with E-state index in [0.29, 0.717) is 17.5 Å². The second kappa shape index (κ2) is 8.12. The van der Waals surface area contributed by atoms with Crippen LogP contribution in [0.1, 0.15) is 17.5 Å². The van der Waals surface area contributed by atoms with Gasteiger partial charge in [0.1, 0.15) is 5.82 Å². The van der Waals surface area contributed by atoms with Crippen molar-refractivity contribution in [1.82, 2.24) is 4.90 Å². The first-order valence-electron chi connectivity index (χ1n) is 8.27. The summed E-state index contributed by atoms with van der Waals surface area (Å²) in [5.74, 6) is -0.0914. The molecule has 0 aliphatic carbocycles. The Morgan fingerprint density at radius 3 is 2.67 bits per heavy atom. The summed E-state index contributed by atoms with van der Waals surface area (Å²) in [6.45, 7) is 0.401. The van der Waals surface area contributed by atoms with E-state index in [2.05, 4.69) is 4.99 Å². The Morgan fingerprint density at radius 1 is 1.15 bits per heavy atom. The zero-order valence-electron chi connectivity index (χ0n) is 14.2. The van der Waals surface area contributed by atoms with Crippen LogP contribution in [0.3, 0.4) is 0 Å². The number of nitrogens with zero attached hydrogens (tertiary/aromatic N) is 2. The van der Waals surface area contributed by atoms with Crippen molar-refractivity contribution in [3.05, 3.63) is 65.5 Å². The molecule has 0 aromatic heterocycles. The van der Waals surface area contributed by atoms with Gasteiger partial charge in [-0.05, 0) is 36.2 Å². The van der Waals surface area contributed by atoms with Gasteiger partial charge in [0.25, 0.3) is 0 Å². The minimum absolute atomic E-state index is 0.123. The predicted molar refractivity (Wildman–Crippen MR) is 97.4 cm³/mol. The summed E-state index contributed by atoms with van der Waals surface area (Å²) in [5.41, 5.74) is -0.399. The van der Waals surface area contributed by atoms with Crippen molar-refractivity contribution in [2.45, 2.75) is 19.0 Å². The van der Waals surface area contributed by atoms with Crippen LogP contribution in [0.4, 0.5) is 23.2 Å². The topological polar surface area (TPSA) is 32.7 Å². The van der Waals surface area contributed by atoms with Crippen molar-refractivity contribution in [3.63, 3.8) is 0 Å². The first-order valence-corrected chi connectivity index (χ1v) is 9.25. The number of hydrogen-bond donors (Lipinski definition) is 0. The summed E-state index contributed by atoms with van der Waals surface area (Å²) in [6, 6.07) is 10.7. The molecule has 2 aromatic rings. The maximum absolute atomic E-state index is 13.8. The van der Waals surface area contributed by atoms with Crippen LogP contribution in [-0.4, -0.2) is 28.3 Å². The van der Waals surface area contributed by atoms with Crippen LogP contribution in [0.15, 0.2) is 53.5 Å². The molecule has 0 atom stereocenters. The van der Waals surface area contributed by atoms with E-state index in [1.807, 2.05) is 0 Å². The molecule has 0 radical (unpaired) electrons. The number of carbonyl (C=O) groups excluding carboxylic acids is 1. The minimum atomic E-state index is -4.46. The molecule has 142 valence electrons. The van der Waals surface area contributed by atoms with Gasteiger partial charge < -0.3 is 0 Å². The summed E-state index contributed by atoms with van der Waals surface area (Å²) < 4.78 is 52.4. The molecule has 1 aliphatic rings. The summed E-state index contributed by atoms with van der Waals surface area (Å²) >= 11 is 1.30. The SMILES string of the molecule is O=C(Cc1ccccc1F)N1CCCSC1=Nc1cccc(C(F)(F)F)c1. The molecule has 3 nitrogen and oxygen atoms in total. The lowest BCUT2D eigenvalue weighted by molar-refractivity contribution is -0.137. The number of aliphatic imine (C=N–C) groups is 1. The molecule has 8 heteroatoms. The standard InChI is InChI=1S/C19H16F4N2OS/c20-16-8-2-1-5-13(16)11-17(26)25-9-4-10-27-18(25)24-15-7-3-6-14(12-15)19(21,22)23/h1-3,5-8,12H,4,9-11H2. The Labute approximate surface area is 158 Å². The Morgan fingerprint density at radius 2 is 1.93 bits per heavy atom. The third-order valence-electron chi connectivity index (χ3n) is 3.99. The number of hydrogen-bond acceptors (Lipinski definition) is 3. The van der Waals surface area contributed by atoms with Crippen molar-refractivity contribution >= 4 is 28.5 Å². The van der Waals surface area contributed by atoms with Gasteiger partial charge in [0.05, 0.1) is 17.7 Å². The van der Waals surface area contributed by atoms with Gasteiger partial charge in [0.15, 0.2) is 5.17 Å². The Bertz CT molecular complexity index is 867. The van der Waals surface area contributed by atoms with Gasteiger partial charge in [0, 0.05) is 12.3 Å². The largest absolute Gasteiger partial charge is 0.416 e. The number of alkyl halides is 3. The highest BCUT2D eigenvalue weighted by Gasteiger charge is 2.30. The van der Waals surface area contributed by atoms with E-state index < -0.39 is 17.6 Å².